The third-order valence-corrected chi connectivity index (χ3v) is 3.53. The molecule has 0 amide bonds. The number of nitrogen functional groups attached to an aromatic ring is 1. The summed E-state index contributed by atoms with van der Waals surface area (Å²) in [7, 11) is 1.55. The Hall–Kier alpha value is -3.15. The van der Waals surface area contributed by atoms with Gasteiger partial charge < -0.3 is 10.5 Å². The molecule has 0 atom stereocenters. The summed E-state index contributed by atoms with van der Waals surface area (Å²) in [6.45, 7) is 1.95. The van der Waals surface area contributed by atoms with Crippen LogP contribution in [0.25, 0.3) is 11.4 Å². The van der Waals surface area contributed by atoms with Crippen LogP contribution in [0.5, 0.6) is 5.75 Å². The van der Waals surface area contributed by atoms with Gasteiger partial charge in [-0.1, -0.05) is 30.3 Å². The standard InChI is InChI=1S/C17H16N4O2/c1-11-6-3-4-9-14(11)15-19-17(18)21(20-15)16(22)12-7-5-8-13(10-12)23-2/h3-10H,1-2H3,(H2,18,19,20). The number of aryl methyl sites for hydroxylation is 1. The molecule has 0 saturated heterocycles. The summed E-state index contributed by atoms with van der Waals surface area (Å²) in [5, 5.41) is 4.26. The first-order valence-corrected chi connectivity index (χ1v) is 7.07. The van der Waals surface area contributed by atoms with E-state index in [1.807, 2.05) is 31.2 Å². The summed E-state index contributed by atoms with van der Waals surface area (Å²) in [5.74, 6) is 0.718. The molecule has 3 rings (SSSR count). The fraction of sp³-hybridized carbons (Fsp3) is 0.118. The SMILES string of the molecule is COc1cccc(C(=O)n2nc(-c3ccccc3C)nc2N)c1. The molecule has 0 spiro atoms. The molecule has 6 heteroatoms. The fourth-order valence-corrected chi connectivity index (χ4v) is 2.29. The Kier molecular flexibility index (Phi) is 3.80. The van der Waals surface area contributed by atoms with Crippen LogP contribution in [0.3, 0.4) is 0 Å². The monoisotopic (exact) mass is 308 g/mol. The van der Waals surface area contributed by atoms with Crippen molar-refractivity contribution in [2.75, 3.05) is 12.8 Å². The Morgan fingerprint density at radius 3 is 2.70 bits per heavy atom. The van der Waals surface area contributed by atoms with Crippen molar-refractivity contribution in [2.45, 2.75) is 6.92 Å². The topological polar surface area (TPSA) is 83.0 Å². The second-order valence-electron chi connectivity index (χ2n) is 5.06. The van der Waals surface area contributed by atoms with Crippen LogP contribution in [0.1, 0.15) is 15.9 Å². The summed E-state index contributed by atoms with van der Waals surface area (Å²) >= 11 is 0. The van der Waals surface area contributed by atoms with Crippen molar-refractivity contribution in [3.05, 3.63) is 59.7 Å². The van der Waals surface area contributed by atoms with Crippen LogP contribution in [0.4, 0.5) is 5.95 Å². The van der Waals surface area contributed by atoms with Gasteiger partial charge in [-0.15, -0.1) is 5.10 Å². The van der Waals surface area contributed by atoms with Gasteiger partial charge in [0.1, 0.15) is 5.75 Å². The molecule has 1 aromatic heterocycles. The number of rotatable bonds is 3. The van der Waals surface area contributed by atoms with Gasteiger partial charge in [-0.25, -0.2) is 0 Å². The zero-order valence-corrected chi connectivity index (χ0v) is 12.9. The summed E-state index contributed by atoms with van der Waals surface area (Å²) in [6, 6.07) is 14.5. The van der Waals surface area contributed by atoms with Crippen LogP contribution in [-0.4, -0.2) is 27.8 Å². The van der Waals surface area contributed by atoms with E-state index in [0.29, 0.717) is 17.1 Å². The maximum atomic E-state index is 12.6. The van der Waals surface area contributed by atoms with Gasteiger partial charge >= 0.3 is 0 Å². The Bertz CT molecular complexity index is 871. The van der Waals surface area contributed by atoms with Crippen molar-refractivity contribution >= 4 is 11.9 Å². The van der Waals surface area contributed by atoms with Gasteiger partial charge in [-0.2, -0.15) is 9.67 Å². The van der Waals surface area contributed by atoms with E-state index >= 15 is 0 Å². The molecule has 6 nitrogen and oxygen atoms in total. The van der Waals surface area contributed by atoms with Gasteiger partial charge in [0.15, 0.2) is 5.82 Å². The van der Waals surface area contributed by atoms with E-state index < -0.39 is 0 Å². The Balaban J connectivity index is 2.01. The van der Waals surface area contributed by atoms with Crippen LogP contribution in [-0.2, 0) is 0 Å². The van der Waals surface area contributed by atoms with E-state index in [0.717, 1.165) is 15.8 Å². The van der Waals surface area contributed by atoms with Gasteiger partial charge in [0.05, 0.1) is 7.11 Å². The molecule has 116 valence electrons. The lowest BCUT2D eigenvalue weighted by molar-refractivity contribution is 0.0947. The normalized spacial score (nSPS) is 10.5. The van der Waals surface area contributed by atoms with Gasteiger partial charge in [0, 0.05) is 11.1 Å². The number of methoxy groups -OCH3 is 1. The number of carbonyl (C=O) groups excluding carboxylic acids is 1. The molecule has 0 radical (unpaired) electrons. The van der Waals surface area contributed by atoms with Crippen molar-refractivity contribution in [3.63, 3.8) is 0 Å². The molecule has 23 heavy (non-hydrogen) atoms. The minimum atomic E-state index is -0.353. The van der Waals surface area contributed by atoms with Crippen molar-refractivity contribution in [1.82, 2.24) is 14.8 Å². The number of hydrogen-bond acceptors (Lipinski definition) is 5. The maximum absolute atomic E-state index is 12.6. The molecule has 0 unspecified atom stereocenters. The Morgan fingerprint density at radius 2 is 1.96 bits per heavy atom. The molecule has 2 N–H and O–H groups in total. The Labute approximate surface area is 133 Å². The second kappa shape index (κ2) is 5.92. The molecule has 0 aliphatic rings. The third-order valence-electron chi connectivity index (χ3n) is 3.53. The Morgan fingerprint density at radius 1 is 1.17 bits per heavy atom. The minimum Gasteiger partial charge on any atom is -0.497 e. The van der Waals surface area contributed by atoms with E-state index in [1.165, 1.54) is 0 Å². The largest absolute Gasteiger partial charge is 0.497 e. The highest BCUT2D eigenvalue weighted by Gasteiger charge is 2.18. The number of anilines is 1. The van der Waals surface area contributed by atoms with Crippen molar-refractivity contribution < 1.29 is 9.53 Å². The van der Waals surface area contributed by atoms with Crippen LogP contribution in [0.15, 0.2) is 48.5 Å². The summed E-state index contributed by atoms with van der Waals surface area (Å²) in [4.78, 5) is 16.8. The number of carbonyl (C=O) groups is 1. The van der Waals surface area contributed by atoms with E-state index in [9.17, 15) is 4.79 Å². The minimum absolute atomic E-state index is 0.0519. The lowest BCUT2D eigenvalue weighted by atomic mass is 10.1. The molecule has 2 aromatic carbocycles. The molecular weight excluding hydrogens is 292 g/mol. The van der Waals surface area contributed by atoms with Crippen molar-refractivity contribution in [1.29, 1.82) is 0 Å². The molecule has 0 fully saturated rings. The van der Waals surface area contributed by atoms with E-state index in [1.54, 1.807) is 31.4 Å². The average molecular weight is 308 g/mol. The average Bonchev–Trinajstić information content (AvgIpc) is 2.96. The number of benzene rings is 2. The number of nitrogens with two attached hydrogens (primary N) is 1. The highest BCUT2D eigenvalue weighted by atomic mass is 16.5. The number of hydrogen-bond donors (Lipinski definition) is 1. The predicted molar refractivity (Wildman–Crippen MR) is 87.3 cm³/mol. The first kappa shape index (κ1) is 14.8. The van der Waals surface area contributed by atoms with Gasteiger partial charge in [0.2, 0.25) is 5.95 Å². The molecular formula is C17H16N4O2. The number of aromatic nitrogens is 3. The van der Waals surface area contributed by atoms with E-state index in [4.69, 9.17) is 10.5 Å². The smallest absolute Gasteiger partial charge is 0.281 e. The van der Waals surface area contributed by atoms with Crippen LogP contribution < -0.4 is 10.5 Å². The highest BCUT2D eigenvalue weighted by Crippen LogP contribution is 2.21. The van der Waals surface area contributed by atoms with Crippen molar-refractivity contribution in [3.8, 4) is 17.1 Å². The maximum Gasteiger partial charge on any atom is 0.281 e. The van der Waals surface area contributed by atoms with Crippen LogP contribution >= 0.6 is 0 Å². The molecule has 0 saturated carbocycles. The fourth-order valence-electron chi connectivity index (χ4n) is 2.29. The van der Waals surface area contributed by atoms with Gasteiger partial charge in [-0.05, 0) is 30.7 Å². The lowest BCUT2D eigenvalue weighted by Gasteiger charge is -2.04. The second-order valence-corrected chi connectivity index (χ2v) is 5.06. The first-order chi connectivity index (χ1) is 11.1. The van der Waals surface area contributed by atoms with E-state index in [2.05, 4.69) is 10.1 Å². The summed E-state index contributed by atoms with van der Waals surface area (Å²) < 4.78 is 6.24. The molecule has 0 aliphatic heterocycles. The quantitative estimate of drug-likeness (QED) is 0.804. The molecule has 1 heterocycles. The summed E-state index contributed by atoms with van der Waals surface area (Å²) in [6.07, 6.45) is 0. The highest BCUT2D eigenvalue weighted by molar-refractivity contribution is 5.97. The first-order valence-electron chi connectivity index (χ1n) is 7.07. The molecule has 3 aromatic rings. The van der Waals surface area contributed by atoms with Crippen molar-refractivity contribution in [2.24, 2.45) is 0 Å². The predicted octanol–water partition coefficient (Wildman–Crippen LogP) is 2.53. The van der Waals surface area contributed by atoms with E-state index in [-0.39, 0.29) is 11.9 Å². The van der Waals surface area contributed by atoms with Crippen LogP contribution in [0.2, 0.25) is 0 Å². The van der Waals surface area contributed by atoms with Crippen LogP contribution in [0, 0.1) is 6.92 Å². The molecule has 0 bridgehead atoms. The lowest BCUT2D eigenvalue weighted by Crippen LogP contribution is -2.16. The van der Waals surface area contributed by atoms with Gasteiger partial charge in [-0.3, -0.25) is 4.79 Å². The zero-order valence-electron chi connectivity index (χ0n) is 12.9. The van der Waals surface area contributed by atoms with Gasteiger partial charge in [0.25, 0.3) is 5.91 Å². The number of nitrogens with zero attached hydrogens (tertiary/aromatic N) is 3. The molecule has 0 aliphatic carbocycles. The number of ether oxygens (including phenoxy) is 1. The third kappa shape index (κ3) is 2.78. The zero-order chi connectivity index (χ0) is 16.4. The summed E-state index contributed by atoms with van der Waals surface area (Å²) in [5.41, 5.74) is 8.16.